The summed E-state index contributed by atoms with van der Waals surface area (Å²) in [5, 5.41) is 1.30. The van der Waals surface area contributed by atoms with Gasteiger partial charge in [0.05, 0.1) is 0 Å². The van der Waals surface area contributed by atoms with Crippen molar-refractivity contribution in [2.24, 2.45) is 0 Å². The second kappa shape index (κ2) is 9.26. The summed E-state index contributed by atoms with van der Waals surface area (Å²) < 4.78 is 6.08. The van der Waals surface area contributed by atoms with Crippen molar-refractivity contribution in [2.75, 3.05) is 7.11 Å². The molecule has 0 N–H and O–H groups in total. The Bertz CT molecular complexity index is 311. The molecule has 0 bridgehead atoms. The van der Waals surface area contributed by atoms with Gasteiger partial charge in [0.2, 0.25) is 0 Å². The maximum absolute atomic E-state index is 10.9. The van der Waals surface area contributed by atoms with E-state index in [1.807, 2.05) is 0 Å². The molecular formula is C14H20O2Se. The standard InChI is InChI=1S/C14H20O2Se/c1-16-14(15)11-7-2-3-8-12-17-13-9-5-4-6-10-13/h4-6,9-10H,2-3,7-8,11-12H2,1H3. The molecule has 0 amide bonds. The number of carbonyl (C=O) groups excluding carboxylic acids is 1. The van der Waals surface area contributed by atoms with Crippen LogP contribution in [0.5, 0.6) is 0 Å². The van der Waals surface area contributed by atoms with Crippen LogP contribution in [0.2, 0.25) is 5.32 Å². The topological polar surface area (TPSA) is 26.3 Å². The van der Waals surface area contributed by atoms with Gasteiger partial charge < -0.3 is 0 Å². The van der Waals surface area contributed by atoms with E-state index in [0.717, 1.165) is 12.8 Å². The molecule has 0 atom stereocenters. The number of rotatable bonds is 8. The van der Waals surface area contributed by atoms with Crippen LogP contribution in [0.1, 0.15) is 32.1 Å². The van der Waals surface area contributed by atoms with E-state index >= 15 is 0 Å². The van der Waals surface area contributed by atoms with Crippen LogP contribution in [0.3, 0.4) is 0 Å². The number of carbonyl (C=O) groups is 1. The Morgan fingerprint density at radius 2 is 1.82 bits per heavy atom. The fourth-order valence-electron chi connectivity index (χ4n) is 1.53. The number of unbranched alkanes of at least 4 members (excludes halogenated alkanes) is 3. The van der Waals surface area contributed by atoms with Crippen molar-refractivity contribution in [2.45, 2.75) is 37.4 Å². The molecule has 0 fully saturated rings. The molecular weight excluding hydrogens is 279 g/mol. The fraction of sp³-hybridized carbons (Fsp3) is 0.500. The van der Waals surface area contributed by atoms with Crippen molar-refractivity contribution in [3.63, 3.8) is 0 Å². The van der Waals surface area contributed by atoms with Crippen LogP contribution in [0, 0.1) is 0 Å². The van der Waals surface area contributed by atoms with Crippen LogP contribution in [0.4, 0.5) is 0 Å². The number of esters is 1. The first kappa shape index (κ1) is 14.3. The summed E-state index contributed by atoms with van der Waals surface area (Å²) in [6.45, 7) is 0. The number of benzene rings is 1. The van der Waals surface area contributed by atoms with E-state index in [-0.39, 0.29) is 5.97 Å². The van der Waals surface area contributed by atoms with Gasteiger partial charge in [0, 0.05) is 0 Å². The van der Waals surface area contributed by atoms with Crippen molar-refractivity contribution in [1.82, 2.24) is 0 Å². The zero-order valence-corrected chi connectivity index (χ0v) is 12.1. The molecule has 0 heterocycles. The van der Waals surface area contributed by atoms with E-state index in [4.69, 9.17) is 0 Å². The molecule has 0 aliphatic heterocycles. The SMILES string of the molecule is COC(=O)CCCCCC[Se]c1ccccc1. The Morgan fingerprint density at radius 3 is 2.53 bits per heavy atom. The predicted octanol–water partition coefficient (Wildman–Crippen LogP) is 2.56. The first-order valence-corrected chi connectivity index (χ1v) is 8.14. The molecule has 1 rings (SSSR count). The summed E-state index contributed by atoms with van der Waals surface area (Å²) in [5.41, 5.74) is 0. The second-order valence-electron chi connectivity index (χ2n) is 3.90. The van der Waals surface area contributed by atoms with Gasteiger partial charge in [0.15, 0.2) is 0 Å². The molecule has 0 aliphatic carbocycles. The van der Waals surface area contributed by atoms with E-state index in [1.165, 1.54) is 29.7 Å². The summed E-state index contributed by atoms with van der Waals surface area (Å²) in [4.78, 5) is 10.9. The minimum atomic E-state index is -0.0847. The second-order valence-corrected chi connectivity index (χ2v) is 6.35. The molecule has 0 radical (unpaired) electrons. The van der Waals surface area contributed by atoms with Crippen molar-refractivity contribution in [1.29, 1.82) is 0 Å². The van der Waals surface area contributed by atoms with Gasteiger partial charge in [-0.05, 0) is 0 Å². The predicted molar refractivity (Wildman–Crippen MR) is 71.7 cm³/mol. The third kappa shape index (κ3) is 7.19. The molecule has 0 saturated heterocycles. The maximum atomic E-state index is 10.9. The summed E-state index contributed by atoms with van der Waals surface area (Å²) in [5.74, 6) is -0.0847. The molecule has 1 aromatic rings. The third-order valence-electron chi connectivity index (χ3n) is 2.51. The van der Waals surface area contributed by atoms with Gasteiger partial charge in [-0.25, -0.2) is 0 Å². The summed E-state index contributed by atoms with van der Waals surface area (Å²) in [6, 6.07) is 10.7. The minimum absolute atomic E-state index is 0.0847. The van der Waals surface area contributed by atoms with Gasteiger partial charge in [0.25, 0.3) is 0 Å². The number of hydrogen-bond acceptors (Lipinski definition) is 2. The Labute approximate surface area is 110 Å². The van der Waals surface area contributed by atoms with Crippen LogP contribution in [0.15, 0.2) is 30.3 Å². The molecule has 0 aliphatic rings. The van der Waals surface area contributed by atoms with Crippen molar-refractivity contribution < 1.29 is 9.53 Å². The molecule has 0 spiro atoms. The van der Waals surface area contributed by atoms with Gasteiger partial charge >= 0.3 is 110 Å². The van der Waals surface area contributed by atoms with Crippen LogP contribution >= 0.6 is 0 Å². The quantitative estimate of drug-likeness (QED) is 0.419. The molecule has 1 aromatic carbocycles. The molecule has 17 heavy (non-hydrogen) atoms. The third-order valence-corrected chi connectivity index (χ3v) is 4.82. The van der Waals surface area contributed by atoms with Crippen LogP contribution in [0.25, 0.3) is 0 Å². The van der Waals surface area contributed by atoms with Crippen molar-refractivity contribution in [3.8, 4) is 0 Å². The molecule has 0 unspecified atom stereocenters. The summed E-state index contributed by atoms with van der Waals surface area (Å²) >= 11 is 0.615. The van der Waals surface area contributed by atoms with Gasteiger partial charge in [0.1, 0.15) is 0 Å². The van der Waals surface area contributed by atoms with Gasteiger partial charge in [-0.2, -0.15) is 0 Å². The van der Waals surface area contributed by atoms with Crippen LogP contribution in [-0.4, -0.2) is 28.0 Å². The summed E-state index contributed by atoms with van der Waals surface area (Å²) in [7, 11) is 1.45. The number of methoxy groups -OCH3 is 1. The molecule has 2 nitrogen and oxygen atoms in total. The Kier molecular flexibility index (Phi) is 7.77. The van der Waals surface area contributed by atoms with E-state index in [2.05, 4.69) is 35.1 Å². The first-order valence-electron chi connectivity index (χ1n) is 6.07. The Hall–Kier alpha value is -0.791. The van der Waals surface area contributed by atoms with Gasteiger partial charge in [-0.3, -0.25) is 0 Å². The van der Waals surface area contributed by atoms with Crippen LogP contribution in [-0.2, 0) is 9.53 Å². The molecule has 0 aromatic heterocycles. The van der Waals surface area contributed by atoms with Crippen LogP contribution < -0.4 is 4.46 Å². The monoisotopic (exact) mass is 300 g/mol. The van der Waals surface area contributed by atoms with E-state index < -0.39 is 0 Å². The summed E-state index contributed by atoms with van der Waals surface area (Å²) in [6.07, 6.45) is 5.17. The van der Waals surface area contributed by atoms with E-state index in [1.54, 1.807) is 0 Å². The molecule has 3 heteroatoms. The first-order chi connectivity index (χ1) is 8.33. The number of ether oxygens (including phenoxy) is 1. The Morgan fingerprint density at radius 1 is 1.12 bits per heavy atom. The zero-order valence-electron chi connectivity index (χ0n) is 10.4. The fourth-order valence-corrected chi connectivity index (χ4v) is 3.49. The zero-order chi connectivity index (χ0) is 12.3. The van der Waals surface area contributed by atoms with Gasteiger partial charge in [-0.15, -0.1) is 0 Å². The normalized spacial score (nSPS) is 10.2. The average Bonchev–Trinajstić information content (AvgIpc) is 2.38. The van der Waals surface area contributed by atoms with Gasteiger partial charge in [-0.1, -0.05) is 0 Å². The van der Waals surface area contributed by atoms with Crippen molar-refractivity contribution >= 4 is 25.4 Å². The molecule has 94 valence electrons. The van der Waals surface area contributed by atoms with E-state index in [0.29, 0.717) is 21.4 Å². The average molecular weight is 299 g/mol. The van der Waals surface area contributed by atoms with E-state index in [9.17, 15) is 4.79 Å². The van der Waals surface area contributed by atoms with Crippen molar-refractivity contribution in [3.05, 3.63) is 30.3 Å². The number of hydrogen-bond donors (Lipinski definition) is 0. The Balaban J connectivity index is 1.93. The molecule has 0 saturated carbocycles.